The predicted octanol–water partition coefficient (Wildman–Crippen LogP) is 5.59. The van der Waals surface area contributed by atoms with Crippen molar-refractivity contribution in [3.63, 3.8) is 0 Å². The van der Waals surface area contributed by atoms with Gasteiger partial charge in [-0.15, -0.1) is 0 Å². The summed E-state index contributed by atoms with van der Waals surface area (Å²) in [4.78, 5) is 27.9. The van der Waals surface area contributed by atoms with Crippen molar-refractivity contribution in [2.24, 2.45) is 5.92 Å². The van der Waals surface area contributed by atoms with E-state index in [2.05, 4.69) is 5.32 Å². The Morgan fingerprint density at radius 3 is 2.55 bits per heavy atom. The van der Waals surface area contributed by atoms with Crippen LogP contribution in [-0.4, -0.2) is 29.8 Å². The highest BCUT2D eigenvalue weighted by molar-refractivity contribution is 6.07. The van der Waals surface area contributed by atoms with Gasteiger partial charge in [-0.2, -0.15) is 13.2 Å². The van der Waals surface area contributed by atoms with Gasteiger partial charge in [0.2, 0.25) is 5.91 Å². The largest absolute Gasteiger partial charge is 0.416 e. The summed E-state index contributed by atoms with van der Waals surface area (Å²) in [7, 11) is 0. The van der Waals surface area contributed by atoms with Gasteiger partial charge < -0.3 is 10.2 Å². The maximum absolute atomic E-state index is 13.2. The van der Waals surface area contributed by atoms with E-state index in [4.69, 9.17) is 0 Å². The van der Waals surface area contributed by atoms with E-state index in [1.165, 1.54) is 6.07 Å². The first kappa shape index (κ1) is 22.8. The SMILES string of the molecule is CC(NC(=O)C1CCCN(C(=O)c2cccc3ccccc23)C1)c1cccc(C(F)(F)F)c1. The molecule has 4 nitrogen and oxygen atoms in total. The number of carbonyl (C=O) groups is 2. The van der Waals surface area contributed by atoms with Crippen molar-refractivity contribution in [1.82, 2.24) is 10.2 Å². The lowest BCUT2D eigenvalue weighted by Crippen LogP contribution is -2.45. The lowest BCUT2D eigenvalue weighted by atomic mass is 9.95. The highest BCUT2D eigenvalue weighted by Gasteiger charge is 2.32. The number of likely N-dealkylation sites (tertiary alicyclic amines) is 1. The highest BCUT2D eigenvalue weighted by atomic mass is 19.4. The van der Waals surface area contributed by atoms with Gasteiger partial charge in [0.05, 0.1) is 17.5 Å². The number of benzene rings is 3. The van der Waals surface area contributed by atoms with E-state index in [1.54, 1.807) is 24.0 Å². The second-order valence-electron chi connectivity index (χ2n) is 8.47. The van der Waals surface area contributed by atoms with E-state index in [0.29, 0.717) is 30.5 Å². The van der Waals surface area contributed by atoms with Gasteiger partial charge in [-0.3, -0.25) is 9.59 Å². The van der Waals surface area contributed by atoms with Crippen LogP contribution in [0.25, 0.3) is 10.8 Å². The summed E-state index contributed by atoms with van der Waals surface area (Å²) in [6.45, 7) is 2.51. The molecule has 4 rings (SSSR count). The number of amides is 2. The van der Waals surface area contributed by atoms with Crippen molar-refractivity contribution < 1.29 is 22.8 Å². The lowest BCUT2D eigenvalue weighted by Gasteiger charge is -2.33. The molecule has 33 heavy (non-hydrogen) atoms. The molecule has 172 valence electrons. The summed E-state index contributed by atoms with van der Waals surface area (Å²) in [5.41, 5.74) is 0.245. The van der Waals surface area contributed by atoms with Crippen LogP contribution in [0.1, 0.15) is 47.3 Å². The first-order valence-corrected chi connectivity index (χ1v) is 11.0. The molecule has 1 aliphatic heterocycles. The van der Waals surface area contributed by atoms with Gasteiger partial charge in [0.15, 0.2) is 0 Å². The molecule has 1 saturated heterocycles. The molecule has 3 aromatic carbocycles. The lowest BCUT2D eigenvalue weighted by molar-refractivity contribution is -0.137. The molecule has 1 N–H and O–H groups in total. The minimum absolute atomic E-state index is 0.116. The van der Waals surface area contributed by atoms with Crippen molar-refractivity contribution in [3.05, 3.63) is 83.4 Å². The molecule has 0 aliphatic carbocycles. The molecular weight excluding hydrogens is 429 g/mol. The van der Waals surface area contributed by atoms with E-state index in [1.807, 2.05) is 36.4 Å². The van der Waals surface area contributed by atoms with Gasteiger partial charge in [-0.05, 0) is 54.3 Å². The quantitative estimate of drug-likeness (QED) is 0.559. The second-order valence-corrected chi connectivity index (χ2v) is 8.47. The third kappa shape index (κ3) is 5.02. The molecule has 2 atom stereocenters. The number of hydrogen-bond donors (Lipinski definition) is 1. The fourth-order valence-corrected chi connectivity index (χ4v) is 4.36. The fourth-order valence-electron chi connectivity index (χ4n) is 4.36. The van der Waals surface area contributed by atoms with Gasteiger partial charge >= 0.3 is 6.18 Å². The summed E-state index contributed by atoms with van der Waals surface area (Å²) in [6.07, 6.45) is -3.13. The van der Waals surface area contributed by atoms with Crippen molar-refractivity contribution in [1.29, 1.82) is 0 Å². The minimum atomic E-state index is -4.44. The normalized spacial score (nSPS) is 17.6. The first-order valence-electron chi connectivity index (χ1n) is 11.0. The number of nitrogens with one attached hydrogen (secondary N) is 1. The summed E-state index contributed by atoms with van der Waals surface area (Å²) < 4.78 is 39.0. The van der Waals surface area contributed by atoms with E-state index in [-0.39, 0.29) is 18.4 Å². The van der Waals surface area contributed by atoms with Crippen LogP contribution >= 0.6 is 0 Å². The van der Waals surface area contributed by atoms with E-state index in [0.717, 1.165) is 22.9 Å². The highest BCUT2D eigenvalue weighted by Crippen LogP contribution is 2.31. The molecule has 0 radical (unpaired) electrons. The van der Waals surface area contributed by atoms with Crippen molar-refractivity contribution in [2.75, 3.05) is 13.1 Å². The topological polar surface area (TPSA) is 49.4 Å². The third-order valence-corrected chi connectivity index (χ3v) is 6.17. The van der Waals surface area contributed by atoms with Crippen molar-refractivity contribution in [2.45, 2.75) is 32.0 Å². The molecule has 1 heterocycles. The molecule has 2 amide bonds. The molecule has 0 spiro atoms. The average Bonchev–Trinajstić information content (AvgIpc) is 2.82. The maximum Gasteiger partial charge on any atom is 0.416 e. The Labute approximate surface area is 190 Å². The van der Waals surface area contributed by atoms with E-state index < -0.39 is 23.7 Å². The minimum Gasteiger partial charge on any atom is -0.349 e. The Morgan fingerprint density at radius 1 is 1.03 bits per heavy atom. The van der Waals surface area contributed by atoms with Crippen molar-refractivity contribution >= 4 is 22.6 Å². The average molecular weight is 454 g/mol. The summed E-state index contributed by atoms with van der Waals surface area (Å²) >= 11 is 0. The number of piperidine rings is 1. The number of fused-ring (bicyclic) bond motifs is 1. The van der Waals surface area contributed by atoms with Crippen molar-refractivity contribution in [3.8, 4) is 0 Å². The molecule has 2 unspecified atom stereocenters. The molecule has 0 bridgehead atoms. The standard InChI is InChI=1S/C26H25F3N2O2/c1-17(19-9-4-11-21(15-19)26(27,28)29)30-24(32)20-10-6-14-31(16-20)25(33)23-13-5-8-18-7-2-3-12-22(18)23/h2-5,7-9,11-13,15,17,20H,6,10,14,16H2,1H3,(H,30,32). The first-order chi connectivity index (χ1) is 15.7. The summed E-state index contributed by atoms with van der Waals surface area (Å²) in [6, 6.07) is 17.7. The summed E-state index contributed by atoms with van der Waals surface area (Å²) in [5, 5.41) is 4.68. The molecule has 7 heteroatoms. The van der Waals surface area contributed by atoms with Gasteiger partial charge in [0, 0.05) is 18.7 Å². The third-order valence-electron chi connectivity index (χ3n) is 6.17. The Morgan fingerprint density at radius 2 is 1.76 bits per heavy atom. The number of hydrogen-bond acceptors (Lipinski definition) is 2. The van der Waals surface area contributed by atoms with Gasteiger partial charge in [0.25, 0.3) is 5.91 Å². The smallest absolute Gasteiger partial charge is 0.349 e. The Balaban J connectivity index is 1.45. The van der Waals surface area contributed by atoms with Gasteiger partial charge in [-0.1, -0.05) is 48.5 Å². The number of halogens is 3. The maximum atomic E-state index is 13.2. The zero-order chi connectivity index (χ0) is 23.6. The molecular formula is C26H25F3N2O2. The van der Waals surface area contributed by atoms with Crippen LogP contribution in [0.5, 0.6) is 0 Å². The zero-order valence-electron chi connectivity index (χ0n) is 18.2. The summed E-state index contributed by atoms with van der Waals surface area (Å²) in [5.74, 6) is -0.781. The number of carbonyl (C=O) groups excluding carboxylic acids is 2. The van der Waals surface area contributed by atoms with Crippen LogP contribution in [0.4, 0.5) is 13.2 Å². The Hall–Kier alpha value is -3.35. The predicted molar refractivity (Wildman–Crippen MR) is 121 cm³/mol. The molecule has 1 aliphatic rings. The van der Waals surface area contributed by atoms with Crippen LogP contribution in [0.3, 0.4) is 0 Å². The van der Waals surface area contributed by atoms with Crippen LogP contribution < -0.4 is 5.32 Å². The van der Waals surface area contributed by atoms with Crippen LogP contribution in [0.2, 0.25) is 0 Å². The fraction of sp³-hybridized carbons (Fsp3) is 0.308. The molecule has 3 aromatic rings. The van der Waals surface area contributed by atoms with E-state index >= 15 is 0 Å². The monoisotopic (exact) mass is 454 g/mol. The number of alkyl halides is 3. The Bertz CT molecular complexity index is 1170. The number of rotatable bonds is 4. The Kier molecular flexibility index (Phi) is 6.40. The number of nitrogens with zero attached hydrogens (tertiary/aromatic N) is 1. The van der Waals surface area contributed by atoms with Gasteiger partial charge in [0.1, 0.15) is 0 Å². The van der Waals surface area contributed by atoms with Gasteiger partial charge in [-0.25, -0.2) is 0 Å². The van der Waals surface area contributed by atoms with Crippen LogP contribution in [-0.2, 0) is 11.0 Å². The van der Waals surface area contributed by atoms with Crippen LogP contribution in [0, 0.1) is 5.92 Å². The zero-order valence-corrected chi connectivity index (χ0v) is 18.2. The molecule has 0 aromatic heterocycles. The second kappa shape index (κ2) is 9.25. The molecule has 1 fully saturated rings. The van der Waals surface area contributed by atoms with Crippen LogP contribution in [0.15, 0.2) is 66.7 Å². The molecule has 0 saturated carbocycles. The van der Waals surface area contributed by atoms with E-state index in [9.17, 15) is 22.8 Å².